The SMILES string of the molecule is Cc1cc(C)c(CNC(=O)c2nn(-c3ccc(Cl)cc3)c(C)cc2=O)c(=O)[nH]1. The Balaban J connectivity index is 1.90. The number of aryl methyl sites for hydroxylation is 3. The van der Waals surface area contributed by atoms with Crippen molar-refractivity contribution in [2.75, 3.05) is 0 Å². The van der Waals surface area contributed by atoms with Gasteiger partial charge in [-0.2, -0.15) is 5.10 Å². The van der Waals surface area contributed by atoms with Crippen molar-refractivity contribution < 1.29 is 4.79 Å². The van der Waals surface area contributed by atoms with Gasteiger partial charge in [0.05, 0.1) is 5.69 Å². The maximum absolute atomic E-state index is 12.6. The predicted molar refractivity (Wildman–Crippen MR) is 107 cm³/mol. The Morgan fingerprint density at radius 3 is 2.46 bits per heavy atom. The van der Waals surface area contributed by atoms with Crippen molar-refractivity contribution in [3.63, 3.8) is 0 Å². The molecular formula is C20H19ClN4O3. The van der Waals surface area contributed by atoms with E-state index < -0.39 is 11.3 Å². The third kappa shape index (κ3) is 4.04. The minimum Gasteiger partial charge on any atom is -0.346 e. The molecule has 0 aliphatic heterocycles. The van der Waals surface area contributed by atoms with Gasteiger partial charge in [-0.1, -0.05) is 11.6 Å². The molecule has 2 aromatic heterocycles. The number of nitrogens with one attached hydrogen (secondary N) is 2. The molecule has 2 N–H and O–H groups in total. The largest absolute Gasteiger partial charge is 0.346 e. The molecule has 0 bridgehead atoms. The van der Waals surface area contributed by atoms with Gasteiger partial charge in [0, 0.05) is 34.6 Å². The fraction of sp³-hybridized carbons (Fsp3) is 0.200. The number of benzene rings is 1. The number of aromatic nitrogens is 3. The molecule has 8 heteroatoms. The maximum atomic E-state index is 12.6. The molecule has 0 aliphatic rings. The first-order valence-corrected chi connectivity index (χ1v) is 8.98. The van der Waals surface area contributed by atoms with Gasteiger partial charge in [-0.15, -0.1) is 0 Å². The van der Waals surface area contributed by atoms with E-state index >= 15 is 0 Å². The van der Waals surface area contributed by atoms with Crippen LogP contribution in [0.2, 0.25) is 5.02 Å². The summed E-state index contributed by atoms with van der Waals surface area (Å²) in [5.41, 5.74) is 2.17. The molecular weight excluding hydrogens is 380 g/mol. The van der Waals surface area contributed by atoms with Crippen LogP contribution in [0.5, 0.6) is 0 Å². The number of carbonyl (C=O) groups excluding carboxylic acids is 1. The molecule has 1 amide bonds. The van der Waals surface area contributed by atoms with Crippen molar-refractivity contribution in [1.82, 2.24) is 20.1 Å². The summed E-state index contributed by atoms with van der Waals surface area (Å²) < 4.78 is 1.50. The third-order valence-corrected chi connectivity index (χ3v) is 4.57. The number of halogens is 1. The number of hydrogen-bond acceptors (Lipinski definition) is 4. The van der Waals surface area contributed by atoms with Crippen LogP contribution in [0, 0.1) is 20.8 Å². The zero-order chi connectivity index (χ0) is 20.4. The van der Waals surface area contributed by atoms with E-state index in [9.17, 15) is 14.4 Å². The molecule has 0 unspecified atom stereocenters. The molecule has 2 heterocycles. The molecule has 0 fully saturated rings. The van der Waals surface area contributed by atoms with Gasteiger partial charge < -0.3 is 10.3 Å². The molecule has 144 valence electrons. The van der Waals surface area contributed by atoms with Crippen molar-refractivity contribution in [1.29, 1.82) is 0 Å². The van der Waals surface area contributed by atoms with Crippen LogP contribution in [0.15, 0.2) is 46.0 Å². The monoisotopic (exact) mass is 398 g/mol. The number of rotatable bonds is 4. The van der Waals surface area contributed by atoms with Gasteiger partial charge in [-0.3, -0.25) is 14.4 Å². The highest BCUT2D eigenvalue weighted by atomic mass is 35.5. The van der Waals surface area contributed by atoms with Crippen molar-refractivity contribution in [2.45, 2.75) is 27.3 Å². The molecule has 7 nitrogen and oxygen atoms in total. The Morgan fingerprint density at radius 2 is 1.82 bits per heavy atom. The van der Waals surface area contributed by atoms with E-state index in [-0.39, 0.29) is 17.8 Å². The van der Waals surface area contributed by atoms with E-state index in [1.807, 2.05) is 6.07 Å². The average Bonchev–Trinajstić information content (AvgIpc) is 2.61. The first-order valence-electron chi connectivity index (χ1n) is 8.61. The summed E-state index contributed by atoms with van der Waals surface area (Å²) in [4.78, 5) is 39.6. The summed E-state index contributed by atoms with van der Waals surface area (Å²) >= 11 is 5.91. The molecule has 3 rings (SSSR count). The van der Waals surface area contributed by atoms with Crippen molar-refractivity contribution in [2.24, 2.45) is 0 Å². The summed E-state index contributed by atoms with van der Waals surface area (Å²) in [7, 11) is 0. The first kappa shape index (κ1) is 19.6. The fourth-order valence-corrected chi connectivity index (χ4v) is 3.03. The van der Waals surface area contributed by atoms with Gasteiger partial charge >= 0.3 is 0 Å². The zero-order valence-corrected chi connectivity index (χ0v) is 16.4. The topological polar surface area (TPSA) is 96.8 Å². The molecule has 28 heavy (non-hydrogen) atoms. The van der Waals surface area contributed by atoms with Crippen molar-refractivity contribution in [3.8, 4) is 5.69 Å². The quantitative estimate of drug-likeness (QED) is 0.705. The molecule has 1 aromatic carbocycles. The van der Waals surface area contributed by atoms with Crippen LogP contribution < -0.4 is 16.3 Å². The Labute approximate surface area is 166 Å². The minimum atomic E-state index is -0.646. The average molecular weight is 399 g/mol. The Morgan fingerprint density at radius 1 is 1.14 bits per heavy atom. The molecule has 0 atom stereocenters. The van der Waals surface area contributed by atoms with E-state index in [1.54, 1.807) is 45.0 Å². The molecule has 0 saturated carbocycles. The number of pyridine rings is 1. The summed E-state index contributed by atoms with van der Waals surface area (Å²) in [5, 5.41) is 7.38. The zero-order valence-electron chi connectivity index (χ0n) is 15.7. The lowest BCUT2D eigenvalue weighted by Crippen LogP contribution is -2.33. The Kier molecular flexibility index (Phi) is 5.46. The van der Waals surface area contributed by atoms with Crippen LogP contribution in [-0.2, 0) is 6.54 Å². The van der Waals surface area contributed by atoms with Crippen LogP contribution in [0.25, 0.3) is 5.69 Å². The second-order valence-electron chi connectivity index (χ2n) is 6.51. The molecule has 0 radical (unpaired) electrons. The second kappa shape index (κ2) is 7.82. The van der Waals surface area contributed by atoms with Crippen LogP contribution in [0.1, 0.15) is 33.0 Å². The lowest BCUT2D eigenvalue weighted by atomic mass is 10.1. The standard InChI is InChI=1S/C20H19ClN4O3/c1-11-8-12(2)23-19(27)16(11)10-22-20(28)18-17(26)9-13(3)25(24-18)15-6-4-14(21)5-7-15/h4-9H,10H2,1-3H3,(H,22,28)(H,23,27). The number of hydrogen-bond donors (Lipinski definition) is 2. The van der Waals surface area contributed by atoms with Gasteiger partial charge in [-0.05, 0) is 56.7 Å². The Hall–Kier alpha value is -3.19. The highest BCUT2D eigenvalue weighted by Crippen LogP contribution is 2.14. The highest BCUT2D eigenvalue weighted by Gasteiger charge is 2.16. The molecule has 0 aliphatic carbocycles. The van der Waals surface area contributed by atoms with Crippen LogP contribution in [0.4, 0.5) is 0 Å². The molecule has 0 spiro atoms. The first-order chi connectivity index (χ1) is 13.3. The van der Waals surface area contributed by atoms with E-state index in [4.69, 9.17) is 11.6 Å². The lowest BCUT2D eigenvalue weighted by molar-refractivity contribution is 0.0942. The van der Waals surface area contributed by atoms with E-state index in [0.29, 0.717) is 22.0 Å². The number of carbonyl (C=O) groups is 1. The van der Waals surface area contributed by atoms with E-state index in [0.717, 1.165) is 11.3 Å². The molecule has 3 aromatic rings. The van der Waals surface area contributed by atoms with Crippen LogP contribution >= 0.6 is 11.6 Å². The summed E-state index contributed by atoms with van der Waals surface area (Å²) in [6.07, 6.45) is 0. The van der Waals surface area contributed by atoms with Gasteiger partial charge in [0.2, 0.25) is 5.43 Å². The van der Waals surface area contributed by atoms with Gasteiger partial charge in [0.15, 0.2) is 5.69 Å². The lowest BCUT2D eigenvalue weighted by Gasteiger charge is -2.12. The predicted octanol–water partition coefficient (Wildman–Crippen LogP) is 2.43. The van der Waals surface area contributed by atoms with E-state index in [2.05, 4.69) is 15.4 Å². The normalized spacial score (nSPS) is 10.7. The number of amides is 1. The second-order valence-corrected chi connectivity index (χ2v) is 6.95. The smallest absolute Gasteiger partial charge is 0.276 e. The van der Waals surface area contributed by atoms with Gasteiger partial charge in [-0.25, -0.2) is 4.68 Å². The summed E-state index contributed by atoms with van der Waals surface area (Å²) in [6.45, 7) is 5.30. The molecule has 0 saturated heterocycles. The summed E-state index contributed by atoms with van der Waals surface area (Å²) in [6, 6.07) is 10.0. The minimum absolute atomic E-state index is 0.00375. The van der Waals surface area contributed by atoms with E-state index in [1.165, 1.54) is 10.7 Å². The highest BCUT2D eigenvalue weighted by molar-refractivity contribution is 6.30. The third-order valence-electron chi connectivity index (χ3n) is 4.31. The van der Waals surface area contributed by atoms with Gasteiger partial charge in [0.1, 0.15) is 0 Å². The maximum Gasteiger partial charge on any atom is 0.276 e. The van der Waals surface area contributed by atoms with Gasteiger partial charge in [0.25, 0.3) is 11.5 Å². The Bertz CT molecular complexity index is 1160. The van der Waals surface area contributed by atoms with Crippen molar-refractivity contribution >= 4 is 17.5 Å². The summed E-state index contributed by atoms with van der Waals surface area (Å²) in [5.74, 6) is -0.646. The number of aromatic amines is 1. The number of H-pyrrole nitrogens is 1. The van der Waals surface area contributed by atoms with Crippen molar-refractivity contribution in [3.05, 3.63) is 90.2 Å². The van der Waals surface area contributed by atoms with Crippen LogP contribution in [-0.4, -0.2) is 20.7 Å². The number of nitrogens with zero attached hydrogens (tertiary/aromatic N) is 2. The van der Waals surface area contributed by atoms with Crippen LogP contribution in [0.3, 0.4) is 0 Å². The fourth-order valence-electron chi connectivity index (χ4n) is 2.90.